The molecule has 2 atom stereocenters. The van der Waals surface area contributed by atoms with Crippen molar-refractivity contribution >= 4 is 5.97 Å². The lowest BCUT2D eigenvalue weighted by Gasteiger charge is -2.20. The summed E-state index contributed by atoms with van der Waals surface area (Å²) in [6.45, 7) is 5.80. The molecule has 0 fully saturated rings. The summed E-state index contributed by atoms with van der Waals surface area (Å²) in [4.78, 5) is 11.1. The van der Waals surface area contributed by atoms with Gasteiger partial charge in [-0.15, -0.1) is 0 Å². The maximum atomic E-state index is 11.1. The van der Waals surface area contributed by atoms with Gasteiger partial charge in [0.15, 0.2) is 0 Å². The minimum atomic E-state index is -0.931. The van der Waals surface area contributed by atoms with Crippen LogP contribution in [0.15, 0.2) is 18.2 Å². The topological polar surface area (TPSA) is 57.5 Å². The lowest BCUT2D eigenvalue weighted by molar-refractivity contribution is -0.146. The van der Waals surface area contributed by atoms with Crippen molar-refractivity contribution in [1.82, 2.24) is 0 Å². The number of carbonyl (C=O) groups is 1. The van der Waals surface area contributed by atoms with E-state index in [1.165, 1.54) is 0 Å². The van der Waals surface area contributed by atoms with Crippen molar-refractivity contribution in [3.63, 3.8) is 0 Å². The molecule has 0 aromatic heterocycles. The lowest BCUT2D eigenvalue weighted by Crippen LogP contribution is -2.22. The van der Waals surface area contributed by atoms with Gasteiger partial charge in [0.05, 0.1) is 12.0 Å². The molecule has 0 aliphatic heterocycles. The summed E-state index contributed by atoms with van der Waals surface area (Å²) >= 11 is 0. The molecule has 0 heterocycles. The van der Waals surface area contributed by atoms with Crippen LogP contribution < -0.4 is 0 Å². The Balaban J connectivity index is 3.00. The van der Waals surface area contributed by atoms with E-state index in [0.717, 1.165) is 23.1 Å². The van der Waals surface area contributed by atoms with Crippen LogP contribution in [0.1, 0.15) is 42.6 Å². The second kappa shape index (κ2) is 5.82. The lowest BCUT2D eigenvalue weighted by atomic mass is 9.89. The number of hydrogen-bond donors (Lipinski definition) is 2. The van der Waals surface area contributed by atoms with Crippen LogP contribution in [0.4, 0.5) is 0 Å². The third kappa shape index (κ3) is 3.30. The minimum absolute atomic E-state index is 0.490. The Labute approximate surface area is 102 Å². The molecule has 3 nitrogen and oxygen atoms in total. The number of aliphatic hydroxyl groups excluding tert-OH is 1. The summed E-state index contributed by atoms with van der Waals surface area (Å²) < 4.78 is 0. The molecule has 0 aliphatic rings. The van der Waals surface area contributed by atoms with E-state index < -0.39 is 18.0 Å². The van der Waals surface area contributed by atoms with Crippen LogP contribution >= 0.6 is 0 Å². The van der Waals surface area contributed by atoms with E-state index >= 15 is 0 Å². The molecule has 1 rings (SSSR count). The number of carboxylic acids is 1. The third-order valence-corrected chi connectivity index (χ3v) is 3.04. The largest absolute Gasteiger partial charge is 0.481 e. The van der Waals surface area contributed by atoms with Crippen LogP contribution in [0.25, 0.3) is 0 Å². The molecule has 0 aliphatic carbocycles. The maximum absolute atomic E-state index is 11.1. The Kier molecular flexibility index (Phi) is 4.70. The molecule has 0 amide bonds. The SMILES string of the molecule is CCCC(C(=O)O)C(O)c1ccc(C)cc1C. The van der Waals surface area contributed by atoms with Crippen LogP contribution in [-0.2, 0) is 4.79 Å². The van der Waals surface area contributed by atoms with E-state index in [9.17, 15) is 9.90 Å². The highest BCUT2D eigenvalue weighted by molar-refractivity contribution is 5.71. The summed E-state index contributed by atoms with van der Waals surface area (Å²) in [6.07, 6.45) is 0.316. The summed E-state index contributed by atoms with van der Waals surface area (Å²) in [5.41, 5.74) is 2.78. The first kappa shape index (κ1) is 13.7. The number of benzene rings is 1. The zero-order valence-electron chi connectivity index (χ0n) is 10.6. The summed E-state index contributed by atoms with van der Waals surface area (Å²) in [7, 11) is 0. The van der Waals surface area contributed by atoms with Crippen molar-refractivity contribution in [3.05, 3.63) is 34.9 Å². The fourth-order valence-corrected chi connectivity index (χ4v) is 2.10. The van der Waals surface area contributed by atoms with Crippen molar-refractivity contribution < 1.29 is 15.0 Å². The highest BCUT2D eigenvalue weighted by atomic mass is 16.4. The average molecular weight is 236 g/mol. The van der Waals surface area contributed by atoms with Crippen molar-refractivity contribution in [2.45, 2.75) is 39.7 Å². The number of aliphatic carboxylic acids is 1. The van der Waals surface area contributed by atoms with Gasteiger partial charge in [0, 0.05) is 0 Å². The monoisotopic (exact) mass is 236 g/mol. The first-order chi connectivity index (χ1) is 7.97. The standard InChI is InChI=1S/C14H20O3/c1-4-5-12(14(16)17)13(15)11-7-6-9(2)8-10(11)3/h6-8,12-13,15H,4-5H2,1-3H3,(H,16,17). The van der Waals surface area contributed by atoms with Gasteiger partial charge in [-0.3, -0.25) is 4.79 Å². The Bertz CT molecular complexity index is 398. The molecule has 0 bridgehead atoms. The van der Waals surface area contributed by atoms with Crippen LogP contribution in [0.2, 0.25) is 0 Å². The fraction of sp³-hybridized carbons (Fsp3) is 0.500. The summed E-state index contributed by atoms with van der Waals surface area (Å²) in [5, 5.41) is 19.3. The van der Waals surface area contributed by atoms with Crippen LogP contribution in [-0.4, -0.2) is 16.2 Å². The number of carboxylic acid groups (broad SMARTS) is 1. The van der Waals surface area contributed by atoms with E-state index in [1.54, 1.807) is 0 Å². The fourth-order valence-electron chi connectivity index (χ4n) is 2.10. The molecule has 2 unspecified atom stereocenters. The van der Waals surface area contributed by atoms with Crippen molar-refractivity contribution in [3.8, 4) is 0 Å². The van der Waals surface area contributed by atoms with Crippen LogP contribution in [0.3, 0.4) is 0 Å². The quantitative estimate of drug-likeness (QED) is 0.826. The first-order valence-electron chi connectivity index (χ1n) is 5.95. The molecule has 1 aromatic carbocycles. The second-order valence-electron chi connectivity index (χ2n) is 4.54. The van der Waals surface area contributed by atoms with Crippen molar-refractivity contribution in [1.29, 1.82) is 0 Å². The molecule has 94 valence electrons. The van der Waals surface area contributed by atoms with Crippen molar-refractivity contribution in [2.75, 3.05) is 0 Å². The molecular formula is C14H20O3. The van der Waals surface area contributed by atoms with Gasteiger partial charge in [-0.2, -0.15) is 0 Å². The van der Waals surface area contributed by atoms with Crippen LogP contribution in [0.5, 0.6) is 0 Å². The molecular weight excluding hydrogens is 216 g/mol. The van der Waals surface area contributed by atoms with Gasteiger partial charge in [0.2, 0.25) is 0 Å². The molecule has 0 saturated heterocycles. The van der Waals surface area contributed by atoms with Crippen LogP contribution in [0, 0.1) is 19.8 Å². The highest BCUT2D eigenvalue weighted by Gasteiger charge is 2.27. The predicted molar refractivity (Wildman–Crippen MR) is 66.9 cm³/mol. The number of rotatable bonds is 5. The number of aryl methyl sites for hydroxylation is 2. The third-order valence-electron chi connectivity index (χ3n) is 3.04. The summed E-state index contributed by atoms with van der Waals surface area (Å²) in [5.74, 6) is -1.65. The predicted octanol–water partition coefficient (Wildman–Crippen LogP) is 2.84. The molecule has 3 heteroatoms. The van der Waals surface area contributed by atoms with Crippen molar-refractivity contribution in [2.24, 2.45) is 5.92 Å². The van der Waals surface area contributed by atoms with E-state index in [4.69, 9.17) is 5.11 Å². The Hall–Kier alpha value is -1.35. The Morgan fingerprint density at radius 3 is 2.47 bits per heavy atom. The smallest absolute Gasteiger partial charge is 0.309 e. The first-order valence-corrected chi connectivity index (χ1v) is 5.95. The van der Waals surface area contributed by atoms with Gasteiger partial charge in [0.25, 0.3) is 0 Å². The molecule has 17 heavy (non-hydrogen) atoms. The molecule has 2 N–H and O–H groups in total. The molecule has 0 saturated carbocycles. The van der Waals surface area contributed by atoms with Gasteiger partial charge in [-0.1, -0.05) is 37.1 Å². The zero-order valence-corrected chi connectivity index (χ0v) is 10.6. The number of aliphatic hydroxyl groups is 1. The van der Waals surface area contributed by atoms with E-state index in [2.05, 4.69) is 0 Å². The summed E-state index contributed by atoms with van der Waals surface area (Å²) in [6, 6.07) is 5.68. The van der Waals surface area contributed by atoms with E-state index in [-0.39, 0.29) is 0 Å². The minimum Gasteiger partial charge on any atom is -0.481 e. The number of hydrogen-bond acceptors (Lipinski definition) is 2. The van der Waals surface area contributed by atoms with E-state index in [0.29, 0.717) is 6.42 Å². The normalized spacial score (nSPS) is 14.4. The maximum Gasteiger partial charge on any atom is 0.309 e. The van der Waals surface area contributed by atoms with Gasteiger partial charge >= 0.3 is 5.97 Å². The highest BCUT2D eigenvalue weighted by Crippen LogP contribution is 2.28. The Morgan fingerprint density at radius 1 is 1.35 bits per heavy atom. The van der Waals surface area contributed by atoms with Gasteiger partial charge in [-0.25, -0.2) is 0 Å². The van der Waals surface area contributed by atoms with E-state index in [1.807, 2.05) is 39.0 Å². The van der Waals surface area contributed by atoms with Gasteiger partial charge in [-0.05, 0) is 31.4 Å². The molecule has 0 spiro atoms. The zero-order chi connectivity index (χ0) is 13.0. The Morgan fingerprint density at radius 2 is 2.00 bits per heavy atom. The molecule has 1 aromatic rings. The van der Waals surface area contributed by atoms with Gasteiger partial charge < -0.3 is 10.2 Å². The van der Waals surface area contributed by atoms with Gasteiger partial charge in [0.1, 0.15) is 0 Å². The average Bonchev–Trinajstić information content (AvgIpc) is 2.24. The second-order valence-corrected chi connectivity index (χ2v) is 4.54. The molecule has 0 radical (unpaired) electrons.